The zero-order valence-electron chi connectivity index (χ0n) is 11.1. The molecule has 0 saturated heterocycles. The molecule has 1 aromatic heterocycles. The third-order valence-corrected chi connectivity index (χ3v) is 3.48. The van der Waals surface area contributed by atoms with Gasteiger partial charge in [0.2, 0.25) is 11.8 Å². The lowest BCUT2D eigenvalue weighted by molar-refractivity contribution is -0.385. The van der Waals surface area contributed by atoms with Crippen LogP contribution in [0.5, 0.6) is 0 Å². The van der Waals surface area contributed by atoms with Crippen LogP contribution in [0, 0.1) is 24.0 Å². The van der Waals surface area contributed by atoms with Crippen molar-refractivity contribution in [2.45, 2.75) is 13.8 Å². The molecule has 0 fully saturated rings. The summed E-state index contributed by atoms with van der Waals surface area (Å²) in [5, 5.41) is 14.8. The van der Waals surface area contributed by atoms with Crippen molar-refractivity contribution in [1.29, 1.82) is 0 Å². The van der Waals surface area contributed by atoms with E-state index >= 15 is 0 Å². The Bertz CT molecular complexity index is 736. The molecule has 1 heterocycles. The van der Waals surface area contributed by atoms with Crippen LogP contribution >= 0.6 is 23.2 Å². The van der Waals surface area contributed by atoms with Crippen molar-refractivity contribution in [2.75, 3.05) is 11.1 Å². The second-order valence-corrected chi connectivity index (χ2v) is 5.14. The van der Waals surface area contributed by atoms with E-state index in [0.29, 0.717) is 15.7 Å². The maximum atomic E-state index is 11.1. The molecule has 0 radical (unpaired) electrons. The van der Waals surface area contributed by atoms with Crippen molar-refractivity contribution in [3.8, 4) is 0 Å². The second-order valence-electron chi connectivity index (χ2n) is 4.33. The molecule has 0 atom stereocenters. The van der Waals surface area contributed by atoms with Crippen molar-refractivity contribution in [2.24, 2.45) is 0 Å². The van der Waals surface area contributed by atoms with Crippen molar-refractivity contribution >= 4 is 46.3 Å². The van der Waals surface area contributed by atoms with Gasteiger partial charge in [-0.05, 0) is 31.5 Å². The van der Waals surface area contributed by atoms with Crippen LogP contribution in [-0.4, -0.2) is 14.9 Å². The fourth-order valence-corrected chi connectivity index (χ4v) is 2.19. The molecular formula is C12H11Cl2N5O2. The van der Waals surface area contributed by atoms with Crippen LogP contribution in [0.1, 0.15) is 11.3 Å². The Hall–Kier alpha value is -2.12. The predicted octanol–water partition coefficient (Wildman–Crippen LogP) is 3.63. The monoisotopic (exact) mass is 327 g/mol. The number of nitrogens with one attached hydrogen (secondary N) is 1. The Morgan fingerprint density at radius 1 is 1.24 bits per heavy atom. The Balaban J connectivity index is 2.54. The first-order valence-corrected chi connectivity index (χ1v) is 6.56. The summed E-state index contributed by atoms with van der Waals surface area (Å²) >= 11 is 12.1. The standard InChI is InChI=1S/C12H11Cl2N5O2/c1-5-3-8(14)9(4-7(5)13)17-11-10(19(20)21)6(2)16-12(15)18-11/h3-4H,1-2H3,(H3,15,16,17,18). The smallest absolute Gasteiger partial charge is 0.332 e. The highest BCUT2D eigenvalue weighted by Gasteiger charge is 2.22. The first kappa shape index (κ1) is 15.3. The van der Waals surface area contributed by atoms with E-state index in [1.807, 2.05) is 0 Å². The molecular weight excluding hydrogens is 317 g/mol. The summed E-state index contributed by atoms with van der Waals surface area (Å²) in [6.07, 6.45) is 0. The summed E-state index contributed by atoms with van der Waals surface area (Å²) in [6.45, 7) is 3.28. The van der Waals surface area contributed by atoms with Crippen molar-refractivity contribution in [3.05, 3.63) is 43.5 Å². The van der Waals surface area contributed by atoms with Gasteiger partial charge in [-0.3, -0.25) is 10.1 Å². The van der Waals surface area contributed by atoms with Gasteiger partial charge < -0.3 is 11.1 Å². The van der Waals surface area contributed by atoms with Gasteiger partial charge in [-0.15, -0.1) is 0 Å². The average Bonchev–Trinajstić information content (AvgIpc) is 2.34. The van der Waals surface area contributed by atoms with Gasteiger partial charge in [0.15, 0.2) is 0 Å². The molecule has 9 heteroatoms. The molecule has 0 spiro atoms. The Morgan fingerprint density at radius 3 is 2.52 bits per heavy atom. The maximum absolute atomic E-state index is 11.1. The summed E-state index contributed by atoms with van der Waals surface area (Å²) in [5.74, 6) is -0.109. The number of nitrogens with two attached hydrogens (primary N) is 1. The van der Waals surface area contributed by atoms with E-state index in [0.717, 1.165) is 5.56 Å². The number of nitro groups is 1. The quantitative estimate of drug-likeness (QED) is 0.658. The number of hydrogen-bond acceptors (Lipinski definition) is 6. The zero-order chi connectivity index (χ0) is 15.7. The summed E-state index contributed by atoms with van der Waals surface area (Å²) < 4.78 is 0. The average molecular weight is 328 g/mol. The summed E-state index contributed by atoms with van der Waals surface area (Å²) in [5.41, 5.74) is 6.61. The van der Waals surface area contributed by atoms with Crippen LogP contribution in [0.3, 0.4) is 0 Å². The molecule has 0 unspecified atom stereocenters. The van der Waals surface area contributed by atoms with Gasteiger partial charge in [-0.25, -0.2) is 4.98 Å². The van der Waals surface area contributed by atoms with E-state index in [1.54, 1.807) is 19.1 Å². The SMILES string of the molecule is Cc1cc(Cl)c(Nc2nc(N)nc(C)c2[N+](=O)[O-])cc1Cl. The molecule has 0 aliphatic heterocycles. The van der Waals surface area contributed by atoms with E-state index in [1.165, 1.54) is 6.92 Å². The van der Waals surface area contributed by atoms with Gasteiger partial charge in [0, 0.05) is 5.02 Å². The Morgan fingerprint density at radius 2 is 1.90 bits per heavy atom. The number of benzene rings is 1. The van der Waals surface area contributed by atoms with Gasteiger partial charge in [0.25, 0.3) is 0 Å². The van der Waals surface area contributed by atoms with Crippen molar-refractivity contribution in [3.63, 3.8) is 0 Å². The van der Waals surface area contributed by atoms with Crippen LogP contribution in [0.2, 0.25) is 10.0 Å². The minimum atomic E-state index is -0.583. The molecule has 110 valence electrons. The van der Waals surface area contributed by atoms with E-state index in [2.05, 4.69) is 15.3 Å². The zero-order valence-corrected chi connectivity index (χ0v) is 12.7. The van der Waals surface area contributed by atoms with E-state index in [9.17, 15) is 10.1 Å². The van der Waals surface area contributed by atoms with E-state index < -0.39 is 4.92 Å². The fourth-order valence-electron chi connectivity index (χ4n) is 1.76. The maximum Gasteiger partial charge on any atom is 0.332 e. The highest BCUT2D eigenvalue weighted by molar-refractivity contribution is 6.35. The summed E-state index contributed by atoms with van der Waals surface area (Å²) in [6, 6.07) is 3.21. The van der Waals surface area contributed by atoms with Gasteiger partial charge >= 0.3 is 5.69 Å². The lowest BCUT2D eigenvalue weighted by atomic mass is 10.2. The minimum Gasteiger partial charge on any atom is -0.368 e. The normalized spacial score (nSPS) is 10.5. The third-order valence-electron chi connectivity index (χ3n) is 2.76. The Kier molecular flexibility index (Phi) is 4.15. The van der Waals surface area contributed by atoms with Gasteiger partial charge in [0.1, 0.15) is 5.69 Å². The van der Waals surface area contributed by atoms with Crippen LogP contribution in [0.15, 0.2) is 12.1 Å². The molecule has 3 N–H and O–H groups in total. The highest BCUT2D eigenvalue weighted by atomic mass is 35.5. The highest BCUT2D eigenvalue weighted by Crippen LogP contribution is 2.34. The van der Waals surface area contributed by atoms with Crippen LogP contribution in [-0.2, 0) is 0 Å². The van der Waals surface area contributed by atoms with E-state index in [4.69, 9.17) is 28.9 Å². The number of nitrogens with zero attached hydrogens (tertiary/aromatic N) is 3. The van der Waals surface area contributed by atoms with Crippen molar-refractivity contribution in [1.82, 2.24) is 9.97 Å². The third kappa shape index (κ3) is 3.14. The molecule has 2 rings (SSSR count). The van der Waals surface area contributed by atoms with Gasteiger partial charge in [-0.2, -0.15) is 4.98 Å². The van der Waals surface area contributed by atoms with E-state index in [-0.39, 0.29) is 23.1 Å². The molecule has 2 aromatic rings. The predicted molar refractivity (Wildman–Crippen MR) is 82.3 cm³/mol. The topological polar surface area (TPSA) is 107 Å². The number of rotatable bonds is 3. The van der Waals surface area contributed by atoms with Crippen LogP contribution in [0.25, 0.3) is 0 Å². The number of anilines is 3. The summed E-state index contributed by atoms with van der Waals surface area (Å²) in [7, 11) is 0. The second kappa shape index (κ2) is 5.71. The lowest BCUT2D eigenvalue weighted by Crippen LogP contribution is -2.07. The Labute approximate surface area is 130 Å². The molecule has 1 aromatic carbocycles. The number of aromatic nitrogens is 2. The summed E-state index contributed by atoms with van der Waals surface area (Å²) in [4.78, 5) is 18.2. The molecule has 0 amide bonds. The van der Waals surface area contributed by atoms with Crippen molar-refractivity contribution < 1.29 is 4.92 Å². The number of nitrogen functional groups attached to an aromatic ring is 1. The number of hydrogen-bond donors (Lipinski definition) is 2. The molecule has 21 heavy (non-hydrogen) atoms. The lowest BCUT2D eigenvalue weighted by Gasteiger charge is -2.11. The number of halogens is 2. The molecule has 0 aliphatic carbocycles. The number of aryl methyl sites for hydroxylation is 2. The van der Waals surface area contributed by atoms with Crippen LogP contribution in [0.4, 0.5) is 23.1 Å². The minimum absolute atomic E-state index is 0.0354. The van der Waals surface area contributed by atoms with Gasteiger partial charge in [0.05, 0.1) is 15.6 Å². The fraction of sp³-hybridized carbons (Fsp3) is 0.167. The first-order chi connectivity index (χ1) is 9.79. The van der Waals surface area contributed by atoms with Crippen LogP contribution < -0.4 is 11.1 Å². The molecule has 0 bridgehead atoms. The molecule has 0 aliphatic rings. The largest absolute Gasteiger partial charge is 0.368 e. The van der Waals surface area contributed by atoms with Gasteiger partial charge in [-0.1, -0.05) is 23.2 Å². The molecule has 0 saturated carbocycles. The molecule has 7 nitrogen and oxygen atoms in total. The first-order valence-electron chi connectivity index (χ1n) is 5.80.